The van der Waals surface area contributed by atoms with Crippen LogP contribution in [0.25, 0.3) is 0 Å². The topological polar surface area (TPSA) is 46.6 Å². The summed E-state index contributed by atoms with van der Waals surface area (Å²) in [5.74, 6) is -0.457. The van der Waals surface area contributed by atoms with Gasteiger partial charge in [-0.25, -0.2) is 9.18 Å². The molecule has 0 fully saturated rings. The molecule has 1 atom stereocenters. The second kappa shape index (κ2) is 5.82. The first-order valence-electron chi connectivity index (χ1n) is 5.91. The molecule has 19 heavy (non-hydrogen) atoms. The quantitative estimate of drug-likeness (QED) is 0.791. The van der Waals surface area contributed by atoms with Crippen molar-refractivity contribution in [2.45, 2.75) is 32.4 Å². The van der Waals surface area contributed by atoms with E-state index in [1.807, 2.05) is 0 Å². The molecule has 104 valence electrons. The predicted octanol–water partition coefficient (Wildman–Crippen LogP) is 2.93. The number of benzene rings is 1. The number of carbonyl (C=O) groups excluding carboxylic acids is 2. The highest BCUT2D eigenvalue weighted by Crippen LogP contribution is 2.20. The smallest absolute Gasteiger partial charge is 0.410 e. The molecule has 0 aliphatic heterocycles. The van der Waals surface area contributed by atoms with Gasteiger partial charge in [-0.05, 0) is 38.5 Å². The van der Waals surface area contributed by atoms with E-state index in [-0.39, 0.29) is 0 Å². The Balaban J connectivity index is 2.91. The molecule has 0 aromatic heterocycles. The van der Waals surface area contributed by atoms with Crippen molar-refractivity contribution in [1.29, 1.82) is 0 Å². The molecule has 0 heterocycles. The second-order valence-corrected chi connectivity index (χ2v) is 5.23. The molecule has 0 spiro atoms. The van der Waals surface area contributed by atoms with Crippen molar-refractivity contribution in [2.24, 2.45) is 0 Å². The van der Waals surface area contributed by atoms with Crippen molar-refractivity contribution in [2.75, 3.05) is 7.05 Å². The molecule has 0 saturated carbocycles. The van der Waals surface area contributed by atoms with Gasteiger partial charge >= 0.3 is 6.09 Å². The third-order valence-corrected chi connectivity index (χ3v) is 2.42. The fourth-order valence-corrected chi connectivity index (χ4v) is 1.53. The summed E-state index contributed by atoms with van der Waals surface area (Å²) >= 11 is 0. The zero-order chi connectivity index (χ0) is 14.6. The number of hydrogen-bond acceptors (Lipinski definition) is 3. The van der Waals surface area contributed by atoms with Gasteiger partial charge in [0.2, 0.25) is 0 Å². The van der Waals surface area contributed by atoms with Crippen LogP contribution in [0.5, 0.6) is 0 Å². The summed E-state index contributed by atoms with van der Waals surface area (Å²) in [4.78, 5) is 24.2. The maximum Gasteiger partial charge on any atom is 0.410 e. The molecule has 0 saturated heterocycles. The van der Waals surface area contributed by atoms with E-state index >= 15 is 0 Å². The Morgan fingerprint density at radius 1 is 1.42 bits per heavy atom. The number of likely N-dealkylation sites (N-methyl/N-ethyl adjacent to an activating group) is 1. The number of aldehydes is 1. The second-order valence-electron chi connectivity index (χ2n) is 5.23. The number of amides is 1. The van der Waals surface area contributed by atoms with Crippen LogP contribution in [0.4, 0.5) is 9.18 Å². The molecule has 1 aromatic rings. The normalized spacial score (nSPS) is 12.7. The predicted molar refractivity (Wildman–Crippen MR) is 69.2 cm³/mol. The lowest BCUT2D eigenvalue weighted by Gasteiger charge is -2.28. The maximum atomic E-state index is 13.1. The number of hydrogen-bond donors (Lipinski definition) is 0. The van der Waals surface area contributed by atoms with Gasteiger partial charge in [-0.1, -0.05) is 12.1 Å². The van der Waals surface area contributed by atoms with Crippen molar-refractivity contribution < 1.29 is 18.7 Å². The van der Waals surface area contributed by atoms with E-state index in [0.29, 0.717) is 11.8 Å². The summed E-state index contributed by atoms with van der Waals surface area (Å²) in [5.41, 5.74) is -0.246. The van der Waals surface area contributed by atoms with Gasteiger partial charge in [-0.2, -0.15) is 0 Å². The molecule has 1 unspecified atom stereocenters. The van der Waals surface area contributed by atoms with E-state index in [0.717, 1.165) is 4.90 Å². The minimum Gasteiger partial charge on any atom is -0.444 e. The van der Waals surface area contributed by atoms with Crippen molar-refractivity contribution in [3.05, 3.63) is 35.6 Å². The van der Waals surface area contributed by atoms with Gasteiger partial charge < -0.3 is 9.53 Å². The van der Waals surface area contributed by atoms with E-state index in [1.165, 1.54) is 25.2 Å². The average Bonchev–Trinajstić information content (AvgIpc) is 2.27. The molecule has 1 amide bonds. The van der Waals surface area contributed by atoms with Crippen LogP contribution in [0, 0.1) is 5.82 Å². The van der Waals surface area contributed by atoms with E-state index in [2.05, 4.69) is 0 Å². The highest BCUT2D eigenvalue weighted by atomic mass is 19.1. The summed E-state index contributed by atoms with van der Waals surface area (Å²) in [7, 11) is 1.44. The summed E-state index contributed by atoms with van der Waals surface area (Å²) in [5, 5.41) is 0. The SMILES string of the molecule is CN(C(=O)OC(C)(C)C)C(C=O)c1cccc(F)c1. The van der Waals surface area contributed by atoms with Crippen LogP contribution in [0.2, 0.25) is 0 Å². The van der Waals surface area contributed by atoms with Crippen LogP contribution >= 0.6 is 0 Å². The molecule has 1 aromatic carbocycles. The molecule has 1 rings (SSSR count). The fraction of sp³-hybridized carbons (Fsp3) is 0.429. The average molecular weight is 267 g/mol. The molecule has 4 nitrogen and oxygen atoms in total. The van der Waals surface area contributed by atoms with Crippen LogP contribution in [-0.2, 0) is 9.53 Å². The van der Waals surface area contributed by atoms with Gasteiger partial charge in [0.05, 0.1) is 0 Å². The van der Waals surface area contributed by atoms with Crippen LogP contribution in [0.3, 0.4) is 0 Å². The number of nitrogens with zero attached hydrogens (tertiary/aromatic N) is 1. The van der Waals surface area contributed by atoms with Gasteiger partial charge in [-0.15, -0.1) is 0 Å². The van der Waals surface area contributed by atoms with Gasteiger partial charge in [0.25, 0.3) is 0 Å². The largest absolute Gasteiger partial charge is 0.444 e. The lowest BCUT2D eigenvalue weighted by molar-refractivity contribution is -0.112. The number of rotatable bonds is 3. The summed E-state index contributed by atoms with van der Waals surface area (Å²) in [6.07, 6.45) is -0.0486. The Bertz CT molecular complexity index is 468. The maximum absolute atomic E-state index is 13.1. The molecule has 5 heteroatoms. The molecule has 0 aliphatic rings. The first kappa shape index (κ1) is 15.1. The Morgan fingerprint density at radius 2 is 2.05 bits per heavy atom. The zero-order valence-electron chi connectivity index (χ0n) is 11.5. The summed E-state index contributed by atoms with van der Waals surface area (Å²) in [6.45, 7) is 5.20. The van der Waals surface area contributed by atoms with Crippen molar-refractivity contribution in [3.8, 4) is 0 Å². The number of ether oxygens (including phenoxy) is 1. The van der Waals surface area contributed by atoms with E-state index in [1.54, 1.807) is 26.8 Å². The van der Waals surface area contributed by atoms with Crippen molar-refractivity contribution in [3.63, 3.8) is 0 Å². The Kier molecular flexibility index (Phi) is 4.64. The molecule has 0 N–H and O–H groups in total. The van der Waals surface area contributed by atoms with Gasteiger partial charge in [0.1, 0.15) is 23.7 Å². The summed E-state index contributed by atoms with van der Waals surface area (Å²) in [6, 6.07) is 4.71. The summed E-state index contributed by atoms with van der Waals surface area (Å²) < 4.78 is 18.3. The van der Waals surface area contributed by atoms with Crippen LogP contribution < -0.4 is 0 Å². The minimum atomic E-state index is -0.870. The minimum absolute atomic E-state index is 0.406. The molecular formula is C14H18FNO3. The Labute approximate surface area is 112 Å². The lowest BCUT2D eigenvalue weighted by atomic mass is 10.1. The Hall–Kier alpha value is -1.91. The number of carbonyl (C=O) groups is 2. The van der Waals surface area contributed by atoms with Crippen LogP contribution in [-0.4, -0.2) is 29.9 Å². The fourth-order valence-electron chi connectivity index (χ4n) is 1.53. The van der Waals surface area contributed by atoms with E-state index in [9.17, 15) is 14.0 Å². The lowest BCUT2D eigenvalue weighted by Crippen LogP contribution is -2.37. The van der Waals surface area contributed by atoms with E-state index in [4.69, 9.17) is 4.74 Å². The molecule has 0 radical (unpaired) electrons. The molecular weight excluding hydrogens is 249 g/mol. The van der Waals surface area contributed by atoms with Crippen molar-refractivity contribution >= 4 is 12.4 Å². The molecule has 0 aliphatic carbocycles. The third-order valence-electron chi connectivity index (χ3n) is 2.42. The monoisotopic (exact) mass is 267 g/mol. The first-order valence-corrected chi connectivity index (χ1v) is 5.91. The Morgan fingerprint density at radius 3 is 2.53 bits per heavy atom. The van der Waals surface area contributed by atoms with Gasteiger partial charge in [0.15, 0.2) is 0 Å². The standard InChI is InChI=1S/C14H18FNO3/c1-14(2,3)19-13(18)16(4)12(9-17)10-6-5-7-11(15)8-10/h5-9,12H,1-4H3. The van der Waals surface area contributed by atoms with Crippen molar-refractivity contribution in [1.82, 2.24) is 4.90 Å². The van der Waals surface area contributed by atoms with Crippen LogP contribution in [0.1, 0.15) is 32.4 Å². The highest BCUT2D eigenvalue weighted by molar-refractivity contribution is 5.74. The zero-order valence-corrected chi connectivity index (χ0v) is 11.5. The first-order chi connectivity index (χ1) is 8.74. The highest BCUT2D eigenvalue weighted by Gasteiger charge is 2.26. The van der Waals surface area contributed by atoms with Gasteiger partial charge in [0, 0.05) is 7.05 Å². The van der Waals surface area contributed by atoms with E-state index < -0.39 is 23.6 Å². The van der Waals surface area contributed by atoms with Gasteiger partial charge in [-0.3, -0.25) is 4.90 Å². The van der Waals surface area contributed by atoms with Crippen LogP contribution in [0.15, 0.2) is 24.3 Å². The third kappa shape index (κ3) is 4.35. The number of halogens is 1. The molecule has 0 bridgehead atoms.